The van der Waals surface area contributed by atoms with E-state index in [4.69, 9.17) is 0 Å². The molecule has 0 aliphatic heterocycles. The van der Waals surface area contributed by atoms with Gasteiger partial charge in [0.05, 0.1) is 10.7 Å². The molecule has 102 valence electrons. The molecule has 0 fully saturated rings. The number of hydrogen-bond donors (Lipinski definition) is 0. The monoisotopic (exact) mass is 387 g/mol. The summed E-state index contributed by atoms with van der Waals surface area (Å²) in [5, 5.41) is 0. The maximum absolute atomic E-state index is 12.7. The van der Waals surface area contributed by atoms with Gasteiger partial charge in [-0.2, -0.15) is 13.2 Å². The Morgan fingerprint density at radius 1 is 1.17 bits per heavy atom. The van der Waals surface area contributed by atoms with Crippen molar-refractivity contribution in [3.8, 4) is 11.6 Å². The van der Waals surface area contributed by atoms with Crippen LogP contribution in [0.4, 0.5) is 26.3 Å². The van der Waals surface area contributed by atoms with Gasteiger partial charge in [-0.15, -0.1) is 13.2 Å². The second kappa shape index (κ2) is 4.97. The third-order valence-corrected chi connectivity index (χ3v) is 2.42. The number of ether oxygens (including phenoxy) is 2. The van der Waals surface area contributed by atoms with Crippen molar-refractivity contribution in [2.45, 2.75) is 12.5 Å². The van der Waals surface area contributed by atoms with Crippen LogP contribution in [0.1, 0.15) is 5.56 Å². The van der Waals surface area contributed by atoms with Crippen LogP contribution < -0.4 is 9.47 Å². The van der Waals surface area contributed by atoms with E-state index in [0.717, 1.165) is 13.3 Å². The molecule has 3 nitrogen and oxygen atoms in total. The molecule has 0 spiro atoms. The van der Waals surface area contributed by atoms with Crippen LogP contribution in [0.25, 0.3) is 0 Å². The largest absolute Gasteiger partial charge is 0.574 e. The van der Waals surface area contributed by atoms with E-state index in [-0.39, 0.29) is 3.57 Å². The molecule has 1 aromatic heterocycles. The zero-order valence-electron chi connectivity index (χ0n) is 8.49. The summed E-state index contributed by atoms with van der Waals surface area (Å²) in [6.45, 7) is 0. The van der Waals surface area contributed by atoms with Gasteiger partial charge < -0.3 is 9.47 Å². The van der Waals surface area contributed by atoms with Gasteiger partial charge in [-0.25, -0.2) is 4.98 Å². The predicted octanol–water partition coefficient (Wildman–Crippen LogP) is 3.61. The van der Waals surface area contributed by atoms with E-state index in [9.17, 15) is 26.3 Å². The normalized spacial score (nSPS) is 12.4. The summed E-state index contributed by atoms with van der Waals surface area (Å²) in [5.74, 6) is -2.36. The molecule has 0 radical (unpaired) electrons. The van der Waals surface area contributed by atoms with Gasteiger partial charge in [0.1, 0.15) is 0 Å². The van der Waals surface area contributed by atoms with Crippen LogP contribution in [0, 0.1) is 3.57 Å². The van der Waals surface area contributed by atoms with Gasteiger partial charge in [0.2, 0.25) is 5.88 Å². The standard InChI is InChI=1S/C8H4F6INO2/c1-17-5-3(15)2-16-6(18-8(12,13)14)4(5)7(9,10)11/h2H,1H3. The fourth-order valence-corrected chi connectivity index (χ4v) is 1.72. The Morgan fingerprint density at radius 2 is 1.72 bits per heavy atom. The third kappa shape index (κ3) is 3.53. The first-order valence-corrected chi connectivity index (χ1v) is 5.19. The number of hydrogen-bond acceptors (Lipinski definition) is 3. The number of rotatable bonds is 2. The number of pyridine rings is 1. The smallest absolute Gasteiger partial charge is 0.495 e. The van der Waals surface area contributed by atoms with Crippen LogP contribution in [-0.2, 0) is 6.18 Å². The second-order valence-corrected chi connectivity index (χ2v) is 4.03. The van der Waals surface area contributed by atoms with E-state index in [0.29, 0.717) is 0 Å². The first-order valence-electron chi connectivity index (χ1n) is 4.11. The third-order valence-electron chi connectivity index (χ3n) is 1.65. The fourth-order valence-electron chi connectivity index (χ4n) is 1.09. The number of alkyl halides is 6. The summed E-state index contributed by atoms with van der Waals surface area (Å²) in [7, 11) is 0.907. The van der Waals surface area contributed by atoms with Gasteiger partial charge in [0.15, 0.2) is 11.3 Å². The number of aromatic nitrogens is 1. The number of methoxy groups -OCH3 is 1. The molecule has 0 saturated carbocycles. The molecular formula is C8H4F6INO2. The lowest BCUT2D eigenvalue weighted by atomic mass is 10.2. The van der Waals surface area contributed by atoms with Crippen molar-refractivity contribution in [1.29, 1.82) is 0 Å². The molecule has 1 heterocycles. The summed E-state index contributed by atoms with van der Waals surface area (Å²) < 4.78 is 81.6. The van der Waals surface area contributed by atoms with Crippen molar-refractivity contribution < 1.29 is 35.8 Å². The summed E-state index contributed by atoms with van der Waals surface area (Å²) in [5.41, 5.74) is -1.70. The Hall–Kier alpha value is -0.940. The van der Waals surface area contributed by atoms with Gasteiger partial charge in [0.25, 0.3) is 0 Å². The highest BCUT2D eigenvalue weighted by molar-refractivity contribution is 14.1. The molecule has 0 N–H and O–H groups in total. The zero-order valence-corrected chi connectivity index (χ0v) is 10.6. The van der Waals surface area contributed by atoms with Crippen molar-refractivity contribution in [1.82, 2.24) is 4.98 Å². The molecule has 0 aliphatic carbocycles. The minimum Gasteiger partial charge on any atom is -0.495 e. The lowest BCUT2D eigenvalue weighted by Crippen LogP contribution is -2.22. The molecule has 1 rings (SSSR count). The quantitative estimate of drug-likeness (QED) is 0.574. The lowest BCUT2D eigenvalue weighted by molar-refractivity contribution is -0.278. The Kier molecular flexibility index (Phi) is 4.18. The first-order chi connectivity index (χ1) is 8.06. The highest BCUT2D eigenvalue weighted by atomic mass is 127. The minimum atomic E-state index is -5.27. The fraction of sp³-hybridized carbons (Fsp3) is 0.375. The molecule has 1 aromatic rings. The van der Waals surface area contributed by atoms with E-state index in [1.807, 2.05) is 0 Å². The van der Waals surface area contributed by atoms with Crippen molar-refractivity contribution in [3.05, 3.63) is 15.3 Å². The van der Waals surface area contributed by atoms with Crippen LogP contribution in [0.15, 0.2) is 6.20 Å². The van der Waals surface area contributed by atoms with E-state index in [2.05, 4.69) is 14.5 Å². The Labute approximate surface area is 110 Å². The van der Waals surface area contributed by atoms with Crippen LogP contribution in [0.3, 0.4) is 0 Å². The van der Waals surface area contributed by atoms with Crippen molar-refractivity contribution in [2.75, 3.05) is 7.11 Å². The minimum absolute atomic E-state index is 0.0862. The van der Waals surface area contributed by atoms with E-state index < -0.39 is 29.7 Å². The SMILES string of the molecule is COc1c(I)cnc(OC(F)(F)F)c1C(F)(F)F. The van der Waals surface area contributed by atoms with Crippen molar-refractivity contribution in [3.63, 3.8) is 0 Å². The van der Waals surface area contributed by atoms with Crippen LogP contribution in [0.5, 0.6) is 11.6 Å². The zero-order chi connectivity index (χ0) is 14.1. The Morgan fingerprint density at radius 3 is 2.11 bits per heavy atom. The molecule has 18 heavy (non-hydrogen) atoms. The number of nitrogens with zero attached hydrogens (tertiary/aromatic N) is 1. The van der Waals surface area contributed by atoms with Crippen LogP contribution in [-0.4, -0.2) is 18.5 Å². The molecule has 0 atom stereocenters. The molecule has 0 aliphatic rings. The molecule has 0 bridgehead atoms. The second-order valence-electron chi connectivity index (χ2n) is 2.87. The average Bonchev–Trinajstić information content (AvgIpc) is 2.16. The first kappa shape index (κ1) is 15.1. The highest BCUT2D eigenvalue weighted by Crippen LogP contribution is 2.44. The highest BCUT2D eigenvalue weighted by Gasteiger charge is 2.43. The molecule has 0 aromatic carbocycles. The van der Waals surface area contributed by atoms with E-state index in [1.165, 1.54) is 22.6 Å². The topological polar surface area (TPSA) is 31.4 Å². The van der Waals surface area contributed by atoms with Gasteiger partial charge in [0, 0.05) is 6.20 Å². The van der Waals surface area contributed by atoms with Crippen LogP contribution in [0.2, 0.25) is 0 Å². The van der Waals surface area contributed by atoms with E-state index >= 15 is 0 Å². The van der Waals surface area contributed by atoms with E-state index in [1.54, 1.807) is 0 Å². The molecule has 0 amide bonds. The summed E-state index contributed by atoms with van der Waals surface area (Å²) >= 11 is 1.46. The Balaban J connectivity index is 3.43. The average molecular weight is 387 g/mol. The van der Waals surface area contributed by atoms with Crippen molar-refractivity contribution in [2.24, 2.45) is 0 Å². The van der Waals surface area contributed by atoms with Gasteiger partial charge in [-0.1, -0.05) is 0 Å². The molecule has 0 saturated heterocycles. The summed E-state index contributed by atoms with van der Waals surface area (Å²) in [6, 6.07) is 0. The maximum atomic E-state index is 12.7. The maximum Gasteiger partial charge on any atom is 0.574 e. The Bertz CT molecular complexity index is 444. The summed E-state index contributed by atoms with van der Waals surface area (Å²) in [6.07, 6.45) is -9.57. The number of halogens is 7. The molecule has 10 heteroatoms. The predicted molar refractivity (Wildman–Crippen MR) is 55.2 cm³/mol. The van der Waals surface area contributed by atoms with Gasteiger partial charge in [-0.3, -0.25) is 0 Å². The molecule has 0 unspecified atom stereocenters. The summed E-state index contributed by atoms with van der Waals surface area (Å²) in [4.78, 5) is 2.99. The van der Waals surface area contributed by atoms with Gasteiger partial charge >= 0.3 is 12.5 Å². The van der Waals surface area contributed by atoms with Crippen LogP contribution >= 0.6 is 22.6 Å². The molecular weight excluding hydrogens is 383 g/mol. The van der Waals surface area contributed by atoms with Crippen molar-refractivity contribution >= 4 is 22.6 Å². The van der Waals surface area contributed by atoms with Gasteiger partial charge in [-0.05, 0) is 22.6 Å². The lowest BCUT2D eigenvalue weighted by Gasteiger charge is -2.17.